The van der Waals surface area contributed by atoms with Gasteiger partial charge in [0.15, 0.2) is 5.82 Å². The van der Waals surface area contributed by atoms with Gasteiger partial charge in [0.25, 0.3) is 0 Å². The first-order valence-corrected chi connectivity index (χ1v) is 8.18. The molecule has 1 atom stereocenters. The third-order valence-electron chi connectivity index (χ3n) is 4.44. The number of hydrogen-bond donors (Lipinski definition) is 0. The van der Waals surface area contributed by atoms with Crippen LogP contribution in [0.15, 0.2) is 40.9 Å². The number of amides is 1. The number of aromatic nitrogens is 2. The van der Waals surface area contributed by atoms with Gasteiger partial charge in [0.2, 0.25) is 11.8 Å². The third-order valence-corrected chi connectivity index (χ3v) is 4.44. The van der Waals surface area contributed by atoms with Crippen molar-refractivity contribution < 1.29 is 9.32 Å². The Hall–Kier alpha value is -2.43. The highest BCUT2D eigenvalue weighted by atomic mass is 16.5. The second kappa shape index (κ2) is 5.99. The van der Waals surface area contributed by atoms with Gasteiger partial charge < -0.3 is 9.42 Å². The van der Waals surface area contributed by atoms with Crippen molar-refractivity contribution in [3.05, 3.63) is 53.7 Å². The molecule has 23 heavy (non-hydrogen) atoms. The molecule has 4 rings (SSSR count). The van der Waals surface area contributed by atoms with E-state index >= 15 is 0 Å². The molecule has 0 spiro atoms. The van der Waals surface area contributed by atoms with Crippen molar-refractivity contribution in [2.24, 2.45) is 0 Å². The lowest BCUT2D eigenvalue weighted by molar-refractivity contribution is -0.127. The number of hydrogen-bond acceptors (Lipinski definition) is 4. The van der Waals surface area contributed by atoms with Crippen LogP contribution in [0.5, 0.6) is 0 Å². The predicted molar refractivity (Wildman–Crippen MR) is 85.4 cm³/mol. The SMILES string of the molecule is O=C(/C=C/c1ccccc1)N1CCCC1c1nc(C2CC2)no1. The summed E-state index contributed by atoms with van der Waals surface area (Å²) >= 11 is 0. The van der Waals surface area contributed by atoms with Gasteiger partial charge in [-0.15, -0.1) is 0 Å². The van der Waals surface area contributed by atoms with E-state index in [2.05, 4.69) is 10.1 Å². The summed E-state index contributed by atoms with van der Waals surface area (Å²) in [6.07, 6.45) is 7.62. The fraction of sp³-hybridized carbons (Fsp3) is 0.389. The fourth-order valence-electron chi connectivity index (χ4n) is 3.00. The Labute approximate surface area is 135 Å². The Balaban J connectivity index is 1.48. The van der Waals surface area contributed by atoms with Crippen LogP contribution in [0.3, 0.4) is 0 Å². The molecular weight excluding hydrogens is 290 g/mol. The summed E-state index contributed by atoms with van der Waals surface area (Å²) in [7, 11) is 0. The van der Waals surface area contributed by atoms with E-state index in [4.69, 9.17) is 4.52 Å². The molecule has 1 amide bonds. The first-order valence-electron chi connectivity index (χ1n) is 8.18. The molecule has 0 N–H and O–H groups in total. The van der Waals surface area contributed by atoms with Gasteiger partial charge in [0.1, 0.15) is 6.04 Å². The second-order valence-corrected chi connectivity index (χ2v) is 6.20. The quantitative estimate of drug-likeness (QED) is 0.813. The van der Waals surface area contributed by atoms with Gasteiger partial charge in [0, 0.05) is 18.5 Å². The van der Waals surface area contributed by atoms with Gasteiger partial charge in [-0.3, -0.25) is 4.79 Å². The Morgan fingerprint density at radius 3 is 2.83 bits per heavy atom. The van der Waals surface area contributed by atoms with Crippen molar-refractivity contribution >= 4 is 12.0 Å². The highest BCUT2D eigenvalue weighted by Gasteiger charge is 2.35. The summed E-state index contributed by atoms with van der Waals surface area (Å²) in [5, 5.41) is 4.07. The smallest absolute Gasteiger partial charge is 0.249 e. The molecule has 118 valence electrons. The van der Waals surface area contributed by atoms with Gasteiger partial charge in [-0.2, -0.15) is 4.98 Å². The zero-order chi connectivity index (χ0) is 15.6. The molecule has 5 heteroatoms. The lowest BCUT2D eigenvalue weighted by Gasteiger charge is -2.20. The molecular formula is C18H19N3O2. The van der Waals surface area contributed by atoms with Crippen molar-refractivity contribution in [3.8, 4) is 0 Å². The van der Waals surface area contributed by atoms with Crippen molar-refractivity contribution in [1.82, 2.24) is 15.0 Å². The summed E-state index contributed by atoms with van der Waals surface area (Å²) in [6, 6.07) is 9.75. The van der Waals surface area contributed by atoms with Crippen LogP contribution in [0.2, 0.25) is 0 Å². The maximum absolute atomic E-state index is 12.5. The van der Waals surface area contributed by atoms with Gasteiger partial charge in [-0.05, 0) is 37.3 Å². The molecule has 2 aromatic rings. The molecule has 1 unspecified atom stereocenters. The molecule has 1 aromatic carbocycles. The van der Waals surface area contributed by atoms with E-state index in [1.54, 1.807) is 6.08 Å². The first kappa shape index (κ1) is 14.2. The molecule has 2 heterocycles. The second-order valence-electron chi connectivity index (χ2n) is 6.20. The Morgan fingerprint density at radius 1 is 1.22 bits per heavy atom. The Bertz CT molecular complexity index is 719. The lowest BCUT2D eigenvalue weighted by Crippen LogP contribution is -2.29. The van der Waals surface area contributed by atoms with Crippen molar-refractivity contribution in [2.45, 2.75) is 37.6 Å². The lowest BCUT2D eigenvalue weighted by atomic mass is 10.2. The van der Waals surface area contributed by atoms with E-state index in [-0.39, 0.29) is 11.9 Å². The number of nitrogens with zero attached hydrogens (tertiary/aromatic N) is 3. The molecule has 5 nitrogen and oxygen atoms in total. The summed E-state index contributed by atoms with van der Waals surface area (Å²) in [5.41, 5.74) is 1.02. The molecule has 1 aliphatic heterocycles. The minimum Gasteiger partial charge on any atom is -0.337 e. The minimum atomic E-state index is -0.0806. The number of carbonyl (C=O) groups is 1. The molecule has 2 aliphatic rings. The Morgan fingerprint density at radius 2 is 2.04 bits per heavy atom. The number of likely N-dealkylation sites (tertiary alicyclic amines) is 1. The van der Waals surface area contributed by atoms with Crippen LogP contribution >= 0.6 is 0 Å². The Kier molecular flexibility index (Phi) is 3.69. The fourth-order valence-corrected chi connectivity index (χ4v) is 3.00. The van der Waals surface area contributed by atoms with E-state index in [0.29, 0.717) is 11.8 Å². The maximum Gasteiger partial charge on any atom is 0.249 e. The highest BCUT2D eigenvalue weighted by Crippen LogP contribution is 2.39. The van der Waals surface area contributed by atoms with Crippen LogP contribution in [-0.4, -0.2) is 27.5 Å². The van der Waals surface area contributed by atoms with E-state index in [1.807, 2.05) is 41.3 Å². The topological polar surface area (TPSA) is 59.2 Å². The summed E-state index contributed by atoms with van der Waals surface area (Å²) in [5.74, 6) is 1.86. The maximum atomic E-state index is 12.5. The van der Waals surface area contributed by atoms with Gasteiger partial charge in [0.05, 0.1) is 0 Å². The average Bonchev–Trinajstić information content (AvgIpc) is 3.12. The monoisotopic (exact) mass is 309 g/mol. The van der Waals surface area contributed by atoms with Crippen LogP contribution in [0.25, 0.3) is 6.08 Å². The van der Waals surface area contributed by atoms with Crippen molar-refractivity contribution in [3.63, 3.8) is 0 Å². The molecule has 2 fully saturated rings. The van der Waals surface area contributed by atoms with Crippen molar-refractivity contribution in [2.75, 3.05) is 6.54 Å². The summed E-state index contributed by atoms with van der Waals surface area (Å²) < 4.78 is 5.41. The van der Waals surface area contributed by atoms with E-state index in [9.17, 15) is 4.79 Å². The average molecular weight is 309 g/mol. The number of rotatable bonds is 4. The van der Waals surface area contributed by atoms with Crippen LogP contribution in [0.1, 0.15) is 54.9 Å². The molecule has 1 saturated heterocycles. The molecule has 0 bridgehead atoms. The summed E-state index contributed by atoms with van der Waals surface area (Å²) in [6.45, 7) is 0.740. The standard InChI is InChI=1S/C18H19N3O2/c22-16(11-8-13-5-2-1-3-6-13)21-12-4-7-15(21)18-19-17(20-23-18)14-9-10-14/h1-3,5-6,8,11,14-15H,4,7,9-10,12H2/b11-8+. The minimum absolute atomic E-state index is 0.00234. The van der Waals surface area contributed by atoms with Crippen LogP contribution in [0, 0.1) is 0 Å². The first-order chi connectivity index (χ1) is 11.3. The molecule has 0 radical (unpaired) electrons. The van der Waals surface area contributed by atoms with Crippen LogP contribution < -0.4 is 0 Å². The summed E-state index contributed by atoms with van der Waals surface area (Å²) in [4.78, 5) is 18.9. The van der Waals surface area contributed by atoms with Crippen LogP contribution in [-0.2, 0) is 4.79 Å². The molecule has 1 aromatic heterocycles. The highest BCUT2D eigenvalue weighted by molar-refractivity contribution is 5.92. The largest absolute Gasteiger partial charge is 0.337 e. The van der Waals surface area contributed by atoms with E-state index in [1.165, 1.54) is 0 Å². The molecule has 1 saturated carbocycles. The van der Waals surface area contributed by atoms with Crippen LogP contribution in [0.4, 0.5) is 0 Å². The van der Waals surface area contributed by atoms with Gasteiger partial charge >= 0.3 is 0 Å². The zero-order valence-electron chi connectivity index (χ0n) is 12.9. The number of carbonyl (C=O) groups excluding carboxylic acids is 1. The number of benzene rings is 1. The van der Waals surface area contributed by atoms with Gasteiger partial charge in [-0.1, -0.05) is 35.5 Å². The van der Waals surface area contributed by atoms with Crippen molar-refractivity contribution in [1.29, 1.82) is 0 Å². The van der Waals surface area contributed by atoms with Gasteiger partial charge in [-0.25, -0.2) is 0 Å². The normalized spacial score (nSPS) is 21.2. The zero-order valence-corrected chi connectivity index (χ0v) is 12.9. The third kappa shape index (κ3) is 3.04. The molecule has 1 aliphatic carbocycles. The van der Waals surface area contributed by atoms with E-state index < -0.39 is 0 Å². The van der Waals surface area contributed by atoms with E-state index in [0.717, 1.165) is 43.6 Å². The predicted octanol–water partition coefficient (Wildman–Crippen LogP) is 3.32.